The summed E-state index contributed by atoms with van der Waals surface area (Å²) >= 11 is 0. The molecule has 2 aliphatic carbocycles. The first-order chi connectivity index (χ1) is 23.0. The second-order valence-corrected chi connectivity index (χ2v) is 16.2. The van der Waals surface area contributed by atoms with Gasteiger partial charge in [0.05, 0.1) is 6.04 Å². The minimum absolute atomic E-state index is 0.134. The summed E-state index contributed by atoms with van der Waals surface area (Å²) < 4.78 is 0. The summed E-state index contributed by atoms with van der Waals surface area (Å²) in [7, 11) is 0. The molecular formula is C37H62N6O6. The van der Waals surface area contributed by atoms with Crippen LogP contribution in [0.1, 0.15) is 113 Å². The second kappa shape index (κ2) is 17.5. The Morgan fingerprint density at radius 1 is 0.918 bits per heavy atom. The lowest BCUT2D eigenvalue weighted by atomic mass is 9.70. The number of amides is 6. The topological polar surface area (TPSA) is 166 Å². The average Bonchev–Trinajstić information content (AvgIpc) is 3.76. The number of likely N-dealkylation sites (tertiary alicyclic amines) is 1. The maximum Gasteiger partial charge on any atom is 0.315 e. The number of ketones is 1. The van der Waals surface area contributed by atoms with E-state index in [0.29, 0.717) is 32.4 Å². The van der Waals surface area contributed by atoms with Crippen LogP contribution in [0.5, 0.6) is 0 Å². The predicted molar refractivity (Wildman–Crippen MR) is 189 cm³/mol. The Kier molecular flexibility index (Phi) is 14.3. The molecular weight excluding hydrogens is 624 g/mol. The zero-order valence-corrected chi connectivity index (χ0v) is 30.9. The Morgan fingerprint density at radius 2 is 1.57 bits per heavy atom. The highest BCUT2D eigenvalue weighted by molar-refractivity contribution is 6.38. The first kappa shape index (κ1) is 40.0. The first-order valence-electron chi connectivity index (χ1n) is 18.4. The van der Waals surface area contributed by atoms with E-state index in [9.17, 15) is 28.8 Å². The first-order valence-corrected chi connectivity index (χ1v) is 18.4. The quantitative estimate of drug-likeness (QED) is 0.123. The SMILES string of the molecule is C=CCNC(=O)C(=O)C(CC1CC1)NC(=O)[C@@H]1[C@@H](CC(C)C)CCN1C(=O)[C@@H](NC(=O)[C@@H](NC(=O)NCC)C1(C)CCCCC1)C(C)(C)C. The van der Waals surface area contributed by atoms with Crippen LogP contribution < -0.4 is 26.6 Å². The summed E-state index contributed by atoms with van der Waals surface area (Å²) in [5.41, 5.74) is -1.22. The average molecular weight is 687 g/mol. The molecule has 0 aromatic heterocycles. The number of rotatable bonds is 16. The number of carbonyl (C=O) groups is 6. The normalized spacial score (nSPS) is 22.3. The third-order valence-electron chi connectivity index (χ3n) is 10.3. The van der Waals surface area contributed by atoms with Crippen molar-refractivity contribution >= 4 is 35.4 Å². The highest BCUT2D eigenvalue weighted by Gasteiger charge is 2.49. The van der Waals surface area contributed by atoms with Crippen molar-refractivity contribution in [2.45, 2.75) is 137 Å². The van der Waals surface area contributed by atoms with Crippen LogP contribution in [0.3, 0.4) is 0 Å². The van der Waals surface area contributed by atoms with Crippen molar-refractivity contribution in [3.05, 3.63) is 12.7 Å². The van der Waals surface area contributed by atoms with Crippen LogP contribution in [0.25, 0.3) is 0 Å². The number of hydrogen-bond acceptors (Lipinski definition) is 6. The van der Waals surface area contributed by atoms with Gasteiger partial charge in [-0.3, -0.25) is 24.0 Å². The number of hydrogen-bond donors (Lipinski definition) is 5. The molecule has 3 fully saturated rings. The van der Waals surface area contributed by atoms with E-state index in [-0.39, 0.29) is 30.2 Å². The third-order valence-corrected chi connectivity index (χ3v) is 10.3. The molecule has 5 atom stereocenters. The summed E-state index contributed by atoms with van der Waals surface area (Å²) in [6, 6.07) is -4.16. The van der Waals surface area contributed by atoms with Gasteiger partial charge in [0.15, 0.2) is 0 Å². The van der Waals surface area contributed by atoms with Gasteiger partial charge < -0.3 is 31.5 Å². The van der Waals surface area contributed by atoms with Gasteiger partial charge in [0, 0.05) is 19.6 Å². The number of Topliss-reactive ketones (excluding diaryl/α,β-unsaturated/α-hetero) is 1. The van der Waals surface area contributed by atoms with Crippen LogP contribution >= 0.6 is 0 Å². The zero-order valence-electron chi connectivity index (χ0n) is 30.9. The standard InChI is InChI=1S/C37H62N6O6/c1-9-19-39-32(46)28(44)26(22-24-14-15-24)40-31(45)27-25(21-23(3)4)16-20-43(27)34(48)30(36(5,6)7)41-33(47)29(42-35(49)38-10-2)37(8)17-12-11-13-18-37/h9,23-27,29-30H,1,10-22H2,2-8H3,(H,39,46)(H,40,45)(H,41,47)(H2,38,42,49)/t25-,26?,27+,29-,30-/m1/s1. The molecule has 12 heteroatoms. The van der Waals surface area contributed by atoms with Crippen molar-refractivity contribution in [3.63, 3.8) is 0 Å². The van der Waals surface area contributed by atoms with E-state index in [1.54, 1.807) is 4.90 Å². The van der Waals surface area contributed by atoms with Crippen molar-refractivity contribution in [2.75, 3.05) is 19.6 Å². The number of carbonyl (C=O) groups excluding carboxylic acids is 6. The number of urea groups is 1. The van der Waals surface area contributed by atoms with Gasteiger partial charge in [0.2, 0.25) is 23.5 Å². The molecule has 1 aliphatic heterocycles. The highest BCUT2D eigenvalue weighted by atomic mass is 16.2. The fraction of sp³-hybridized carbons (Fsp3) is 0.784. The minimum atomic E-state index is -1.00. The number of nitrogens with zero attached hydrogens (tertiary/aromatic N) is 1. The maximum absolute atomic E-state index is 14.6. The van der Waals surface area contributed by atoms with Crippen LogP contribution in [-0.4, -0.2) is 84.1 Å². The van der Waals surface area contributed by atoms with Gasteiger partial charge in [0.25, 0.3) is 5.91 Å². The van der Waals surface area contributed by atoms with E-state index in [4.69, 9.17) is 0 Å². The monoisotopic (exact) mass is 686 g/mol. The second-order valence-electron chi connectivity index (χ2n) is 16.2. The largest absolute Gasteiger partial charge is 0.346 e. The molecule has 0 spiro atoms. The van der Waals surface area contributed by atoms with Crippen molar-refractivity contribution in [1.82, 2.24) is 31.5 Å². The fourth-order valence-corrected chi connectivity index (χ4v) is 7.48. The summed E-state index contributed by atoms with van der Waals surface area (Å²) in [4.78, 5) is 83.1. The van der Waals surface area contributed by atoms with Crippen LogP contribution in [-0.2, 0) is 24.0 Å². The van der Waals surface area contributed by atoms with Crippen LogP contribution in [0, 0.1) is 28.6 Å². The summed E-state index contributed by atoms with van der Waals surface area (Å²) in [6.45, 7) is 18.0. The van der Waals surface area contributed by atoms with Gasteiger partial charge in [0.1, 0.15) is 18.1 Å². The molecule has 2 saturated carbocycles. The molecule has 0 aromatic rings. The van der Waals surface area contributed by atoms with Gasteiger partial charge >= 0.3 is 6.03 Å². The van der Waals surface area contributed by atoms with E-state index in [1.807, 2.05) is 34.6 Å². The van der Waals surface area contributed by atoms with E-state index >= 15 is 0 Å². The summed E-state index contributed by atoms with van der Waals surface area (Å²) in [6.07, 6.45) is 9.47. The smallest absolute Gasteiger partial charge is 0.315 e. The molecule has 1 saturated heterocycles. The lowest BCUT2D eigenvalue weighted by Gasteiger charge is -2.42. The maximum atomic E-state index is 14.6. The molecule has 0 aromatic carbocycles. The van der Waals surface area contributed by atoms with Crippen molar-refractivity contribution in [1.29, 1.82) is 0 Å². The fourth-order valence-electron chi connectivity index (χ4n) is 7.48. The summed E-state index contributed by atoms with van der Waals surface area (Å²) in [5, 5.41) is 14.1. The van der Waals surface area contributed by atoms with Gasteiger partial charge in [-0.2, -0.15) is 0 Å². The molecule has 3 rings (SSSR count). The Bertz CT molecular complexity index is 1220. The van der Waals surface area contributed by atoms with Gasteiger partial charge in [-0.05, 0) is 67.6 Å². The van der Waals surface area contributed by atoms with Gasteiger partial charge in [-0.25, -0.2) is 4.79 Å². The Labute approximate surface area is 293 Å². The zero-order chi connectivity index (χ0) is 36.5. The molecule has 49 heavy (non-hydrogen) atoms. The van der Waals surface area contributed by atoms with Crippen molar-refractivity contribution in [3.8, 4) is 0 Å². The van der Waals surface area contributed by atoms with Gasteiger partial charge in [-0.1, -0.05) is 79.7 Å². The number of nitrogens with one attached hydrogen (secondary N) is 5. The molecule has 1 heterocycles. The predicted octanol–water partition coefficient (Wildman–Crippen LogP) is 3.59. The van der Waals surface area contributed by atoms with Crippen molar-refractivity contribution in [2.24, 2.45) is 28.6 Å². The minimum Gasteiger partial charge on any atom is -0.346 e. The molecule has 3 aliphatic rings. The lowest BCUT2D eigenvalue weighted by molar-refractivity contribution is -0.146. The third kappa shape index (κ3) is 11.0. The highest BCUT2D eigenvalue weighted by Crippen LogP contribution is 2.40. The Hall–Kier alpha value is -3.44. The Morgan fingerprint density at radius 3 is 2.12 bits per heavy atom. The van der Waals surface area contributed by atoms with Crippen LogP contribution in [0.2, 0.25) is 0 Å². The molecule has 12 nitrogen and oxygen atoms in total. The lowest BCUT2D eigenvalue weighted by Crippen LogP contribution is -2.64. The van der Waals surface area contributed by atoms with E-state index in [0.717, 1.165) is 44.9 Å². The van der Waals surface area contributed by atoms with Crippen LogP contribution in [0.15, 0.2) is 12.7 Å². The van der Waals surface area contributed by atoms with E-state index in [1.165, 1.54) is 6.08 Å². The van der Waals surface area contributed by atoms with Gasteiger partial charge in [-0.15, -0.1) is 6.58 Å². The van der Waals surface area contributed by atoms with E-state index in [2.05, 4.69) is 47.0 Å². The summed E-state index contributed by atoms with van der Waals surface area (Å²) in [5.74, 6) is -2.42. The Balaban J connectivity index is 1.91. The molecule has 0 bridgehead atoms. The molecule has 276 valence electrons. The molecule has 0 radical (unpaired) electrons. The molecule has 1 unspecified atom stereocenters. The van der Waals surface area contributed by atoms with Crippen LogP contribution in [0.4, 0.5) is 4.79 Å². The van der Waals surface area contributed by atoms with E-state index < -0.39 is 64.5 Å². The molecule has 6 amide bonds. The molecule has 5 N–H and O–H groups in total. The van der Waals surface area contributed by atoms with Crippen molar-refractivity contribution < 1.29 is 28.8 Å².